The standard InChI is InChI=1S/C16H23NO8/c1-9(16(3,4)5)23-14(21)8-11(24-10(2)18)15(22)25-17-12(19)6-7-13(17)20/h9,11H,6-8H2,1-5H3/t9-,11?/m0/s1. The van der Waals surface area contributed by atoms with Gasteiger partial charge in [0.2, 0.25) is 6.10 Å². The number of carbonyl (C=O) groups excluding carboxylic acids is 5. The maximum atomic E-state index is 12.1. The highest BCUT2D eigenvalue weighted by molar-refractivity contribution is 6.02. The fourth-order valence-electron chi connectivity index (χ4n) is 1.75. The van der Waals surface area contributed by atoms with Gasteiger partial charge in [-0.3, -0.25) is 19.2 Å². The summed E-state index contributed by atoms with van der Waals surface area (Å²) < 4.78 is 9.97. The number of amides is 2. The van der Waals surface area contributed by atoms with Crippen molar-refractivity contribution >= 4 is 29.7 Å². The molecular weight excluding hydrogens is 334 g/mol. The van der Waals surface area contributed by atoms with Crippen LogP contribution in [0.3, 0.4) is 0 Å². The summed E-state index contributed by atoms with van der Waals surface area (Å²) >= 11 is 0. The van der Waals surface area contributed by atoms with Crippen LogP contribution in [0, 0.1) is 5.41 Å². The van der Waals surface area contributed by atoms with Crippen LogP contribution in [0.1, 0.15) is 53.9 Å². The molecule has 0 aliphatic carbocycles. The first-order valence-electron chi connectivity index (χ1n) is 7.86. The molecule has 0 aromatic carbocycles. The van der Waals surface area contributed by atoms with E-state index in [1.165, 1.54) is 0 Å². The highest BCUT2D eigenvalue weighted by Gasteiger charge is 2.37. The molecule has 9 heteroatoms. The van der Waals surface area contributed by atoms with Gasteiger partial charge in [-0.05, 0) is 12.3 Å². The van der Waals surface area contributed by atoms with E-state index in [0.29, 0.717) is 5.06 Å². The first kappa shape index (κ1) is 20.6. The Kier molecular flexibility index (Phi) is 6.66. The topological polar surface area (TPSA) is 116 Å². The highest BCUT2D eigenvalue weighted by Crippen LogP contribution is 2.22. The molecule has 1 rings (SSSR count). The summed E-state index contributed by atoms with van der Waals surface area (Å²) in [5.74, 6) is -4.14. The molecule has 0 aromatic rings. The van der Waals surface area contributed by atoms with Crippen molar-refractivity contribution in [3.63, 3.8) is 0 Å². The van der Waals surface area contributed by atoms with E-state index in [0.717, 1.165) is 6.92 Å². The lowest BCUT2D eigenvalue weighted by Crippen LogP contribution is -2.40. The van der Waals surface area contributed by atoms with Crippen LogP contribution in [0.5, 0.6) is 0 Å². The molecule has 0 bridgehead atoms. The lowest BCUT2D eigenvalue weighted by atomic mass is 9.90. The lowest BCUT2D eigenvalue weighted by Gasteiger charge is -2.27. The fraction of sp³-hybridized carbons (Fsp3) is 0.688. The molecule has 2 atom stereocenters. The van der Waals surface area contributed by atoms with Gasteiger partial charge in [-0.1, -0.05) is 20.8 Å². The van der Waals surface area contributed by atoms with Gasteiger partial charge < -0.3 is 14.3 Å². The van der Waals surface area contributed by atoms with E-state index >= 15 is 0 Å². The zero-order valence-electron chi connectivity index (χ0n) is 15.0. The van der Waals surface area contributed by atoms with Crippen molar-refractivity contribution in [3.8, 4) is 0 Å². The van der Waals surface area contributed by atoms with E-state index in [2.05, 4.69) is 4.84 Å². The minimum absolute atomic E-state index is 0.0739. The summed E-state index contributed by atoms with van der Waals surface area (Å²) in [7, 11) is 0. The number of hydrogen-bond donors (Lipinski definition) is 0. The molecule has 1 aliphatic heterocycles. The predicted molar refractivity (Wildman–Crippen MR) is 82.4 cm³/mol. The number of nitrogens with zero attached hydrogens (tertiary/aromatic N) is 1. The Bertz CT molecular complexity index is 561. The zero-order chi connectivity index (χ0) is 19.4. The van der Waals surface area contributed by atoms with E-state index in [4.69, 9.17) is 9.47 Å². The molecule has 25 heavy (non-hydrogen) atoms. The average Bonchev–Trinajstić information content (AvgIpc) is 2.76. The first-order chi connectivity index (χ1) is 11.4. The largest absolute Gasteiger partial charge is 0.462 e. The maximum absolute atomic E-state index is 12.1. The number of rotatable bonds is 6. The summed E-state index contributed by atoms with van der Waals surface area (Å²) in [5.41, 5.74) is -0.318. The van der Waals surface area contributed by atoms with Gasteiger partial charge in [-0.25, -0.2) is 4.79 Å². The maximum Gasteiger partial charge on any atom is 0.374 e. The molecule has 2 amide bonds. The molecule has 0 N–H and O–H groups in total. The van der Waals surface area contributed by atoms with Crippen molar-refractivity contribution in [1.29, 1.82) is 0 Å². The molecule has 1 fully saturated rings. The van der Waals surface area contributed by atoms with Crippen molar-refractivity contribution in [2.75, 3.05) is 0 Å². The third-order valence-corrected chi connectivity index (χ3v) is 3.64. The van der Waals surface area contributed by atoms with Crippen LogP contribution in [0.25, 0.3) is 0 Å². The van der Waals surface area contributed by atoms with Crippen molar-refractivity contribution in [3.05, 3.63) is 0 Å². The normalized spacial score (nSPS) is 17.1. The fourth-order valence-corrected chi connectivity index (χ4v) is 1.75. The molecule has 0 aromatic heterocycles. The Morgan fingerprint density at radius 1 is 1.08 bits per heavy atom. The van der Waals surface area contributed by atoms with E-state index in [9.17, 15) is 24.0 Å². The van der Waals surface area contributed by atoms with Gasteiger partial charge in [0, 0.05) is 19.8 Å². The van der Waals surface area contributed by atoms with Gasteiger partial charge in [-0.2, -0.15) is 0 Å². The molecule has 0 spiro atoms. The van der Waals surface area contributed by atoms with Crippen LogP contribution in [-0.2, 0) is 38.3 Å². The van der Waals surface area contributed by atoms with Crippen LogP contribution in [0.4, 0.5) is 0 Å². The predicted octanol–water partition coefficient (Wildman–Crippen LogP) is 0.893. The monoisotopic (exact) mass is 357 g/mol. The number of ether oxygens (including phenoxy) is 2. The van der Waals surface area contributed by atoms with E-state index < -0.39 is 48.4 Å². The Morgan fingerprint density at radius 3 is 2.04 bits per heavy atom. The molecular formula is C16H23NO8. The van der Waals surface area contributed by atoms with Gasteiger partial charge in [0.1, 0.15) is 6.10 Å². The Balaban J connectivity index is 2.74. The summed E-state index contributed by atoms with van der Waals surface area (Å²) in [6, 6.07) is 0. The van der Waals surface area contributed by atoms with E-state index in [1.54, 1.807) is 6.92 Å². The number of esters is 2. The van der Waals surface area contributed by atoms with Gasteiger partial charge >= 0.3 is 17.9 Å². The van der Waals surface area contributed by atoms with Crippen LogP contribution in [0.15, 0.2) is 0 Å². The molecule has 1 heterocycles. The van der Waals surface area contributed by atoms with Crippen molar-refractivity contribution in [2.45, 2.75) is 66.1 Å². The molecule has 0 saturated carbocycles. The van der Waals surface area contributed by atoms with E-state index in [-0.39, 0.29) is 18.3 Å². The van der Waals surface area contributed by atoms with Crippen LogP contribution in [0.2, 0.25) is 0 Å². The second-order valence-corrected chi connectivity index (χ2v) is 6.79. The Labute approximate surface area is 145 Å². The number of hydrogen-bond acceptors (Lipinski definition) is 8. The molecule has 140 valence electrons. The number of hydroxylamine groups is 2. The number of imide groups is 1. The Hall–Kier alpha value is -2.45. The van der Waals surface area contributed by atoms with Crippen molar-refractivity contribution in [1.82, 2.24) is 5.06 Å². The third kappa shape index (κ3) is 6.17. The Morgan fingerprint density at radius 2 is 1.60 bits per heavy atom. The minimum atomic E-state index is -1.61. The molecule has 9 nitrogen and oxygen atoms in total. The average molecular weight is 357 g/mol. The highest BCUT2D eigenvalue weighted by atomic mass is 16.7. The second kappa shape index (κ2) is 8.09. The first-order valence-corrected chi connectivity index (χ1v) is 7.86. The van der Waals surface area contributed by atoms with Crippen LogP contribution in [-0.4, -0.2) is 47.0 Å². The van der Waals surface area contributed by atoms with Gasteiger partial charge in [0.25, 0.3) is 11.8 Å². The third-order valence-electron chi connectivity index (χ3n) is 3.64. The van der Waals surface area contributed by atoms with E-state index in [1.807, 2.05) is 20.8 Å². The molecule has 1 aliphatic rings. The SMILES string of the molecule is CC(=O)OC(CC(=O)O[C@@H](C)C(C)(C)C)C(=O)ON1C(=O)CCC1=O. The number of carbonyl (C=O) groups is 5. The van der Waals surface area contributed by atoms with Crippen molar-refractivity contribution < 1.29 is 38.3 Å². The van der Waals surface area contributed by atoms with Crippen molar-refractivity contribution in [2.24, 2.45) is 5.41 Å². The van der Waals surface area contributed by atoms with Crippen LogP contribution < -0.4 is 0 Å². The summed E-state index contributed by atoms with van der Waals surface area (Å²) in [5, 5.41) is 0.321. The smallest absolute Gasteiger partial charge is 0.374 e. The van der Waals surface area contributed by atoms with Crippen LogP contribution >= 0.6 is 0 Å². The van der Waals surface area contributed by atoms with Gasteiger partial charge in [-0.15, -0.1) is 5.06 Å². The minimum Gasteiger partial charge on any atom is -0.462 e. The summed E-state index contributed by atoms with van der Waals surface area (Å²) in [4.78, 5) is 62.9. The van der Waals surface area contributed by atoms with Gasteiger partial charge in [0.05, 0.1) is 6.42 Å². The summed E-state index contributed by atoms with van der Waals surface area (Å²) in [6.45, 7) is 8.35. The lowest BCUT2D eigenvalue weighted by molar-refractivity contribution is -0.206. The second-order valence-electron chi connectivity index (χ2n) is 6.79. The van der Waals surface area contributed by atoms with Gasteiger partial charge in [0.15, 0.2) is 0 Å². The molecule has 0 radical (unpaired) electrons. The quantitative estimate of drug-likeness (QED) is 0.508. The molecule has 1 saturated heterocycles. The zero-order valence-corrected chi connectivity index (χ0v) is 15.0. The summed E-state index contributed by atoms with van der Waals surface area (Å²) in [6.07, 6.45) is -2.80. The molecule has 1 unspecified atom stereocenters.